The number of nitrogens with one attached hydrogen (secondary N) is 1. The first-order valence-electron chi connectivity index (χ1n) is 6.42. The van der Waals surface area contributed by atoms with Gasteiger partial charge in [0.1, 0.15) is 12.2 Å². The molecule has 0 aromatic carbocycles. The maximum atomic E-state index is 5.75. The summed E-state index contributed by atoms with van der Waals surface area (Å²) in [6.45, 7) is 7.86. The number of aryl methyl sites for hydroxylation is 1. The summed E-state index contributed by atoms with van der Waals surface area (Å²) in [5, 5.41) is 7.51. The molecule has 2 atom stereocenters. The molecule has 0 spiro atoms. The summed E-state index contributed by atoms with van der Waals surface area (Å²) < 4.78 is 7.68. The van der Waals surface area contributed by atoms with Gasteiger partial charge in [0.2, 0.25) is 0 Å². The van der Waals surface area contributed by atoms with Gasteiger partial charge in [0, 0.05) is 25.6 Å². The van der Waals surface area contributed by atoms with Crippen molar-refractivity contribution in [2.75, 3.05) is 13.7 Å². The summed E-state index contributed by atoms with van der Waals surface area (Å²) in [6.07, 6.45) is 3.70. The average Bonchev–Trinajstić information content (AvgIpc) is 2.80. The molecule has 0 saturated heterocycles. The van der Waals surface area contributed by atoms with Crippen molar-refractivity contribution in [1.82, 2.24) is 20.1 Å². The Balaban J connectivity index is 2.68. The Hall–Kier alpha value is -0.940. The molecule has 5 nitrogen and oxygen atoms in total. The fourth-order valence-corrected chi connectivity index (χ4v) is 2.06. The van der Waals surface area contributed by atoms with Gasteiger partial charge in [-0.3, -0.25) is 4.68 Å². The minimum atomic E-state index is 0.229. The van der Waals surface area contributed by atoms with E-state index in [4.69, 9.17) is 4.74 Å². The van der Waals surface area contributed by atoms with Gasteiger partial charge in [0.05, 0.1) is 6.10 Å². The van der Waals surface area contributed by atoms with Gasteiger partial charge in [-0.2, -0.15) is 5.10 Å². The fourth-order valence-electron chi connectivity index (χ4n) is 2.06. The van der Waals surface area contributed by atoms with Crippen molar-refractivity contribution in [2.24, 2.45) is 0 Å². The Labute approximate surface area is 104 Å². The van der Waals surface area contributed by atoms with Gasteiger partial charge in [0.25, 0.3) is 0 Å². The topological polar surface area (TPSA) is 52.0 Å². The number of aromatic nitrogens is 3. The van der Waals surface area contributed by atoms with Crippen LogP contribution in [0.5, 0.6) is 0 Å². The summed E-state index contributed by atoms with van der Waals surface area (Å²) >= 11 is 0. The highest BCUT2D eigenvalue weighted by atomic mass is 16.5. The first-order valence-corrected chi connectivity index (χ1v) is 6.42. The second-order valence-electron chi connectivity index (χ2n) is 3.99. The third-order valence-corrected chi connectivity index (χ3v) is 3.00. The van der Waals surface area contributed by atoms with Crippen LogP contribution in [-0.4, -0.2) is 40.6 Å². The molecule has 0 saturated carbocycles. The van der Waals surface area contributed by atoms with E-state index >= 15 is 0 Å². The number of nitrogens with zero attached hydrogens (tertiary/aromatic N) is 3. The van der Waals surface area contributed by atoms with Crippen molar-refractivity contribution in [3.63, 3.8) is 0 Å². The minimum Gasteiger partial charge on any atom is -0.377 e. The predicted octanol–water partition coefficient (Wildman–Crippen LogP) is 1.24. The highest BCUT2D eigenvalue weighted by Crippen LogP contribution is 2.09. The quantitative estimate of drug-likeness (QED) is 0.743. The Morgan fingerprint density at radius 2 is 2.18 bits per heavy atom. The average molecular weight is 240 g/mol. The zero-order chi connectivity index (χ0) is 12.7. The number of likely N-dealkylation sites (N-methyl/N-ethyl adjacent to an activating group) is 1. The van der Waals surface area contributed by atoms with Crippen LogP contribution in [-0.2, 0) is 17.7 Å². The van der Waals surface area contributed by atoms with E-state index in [2.05, 4.69) is 29.2 Å². The maximum absolute atomic E-state index is 5.75. The zero-order valence-corrected chi connectivity index (χ0v) is 11.3. The van der Waals surface area contributed by atoms with Crippen LogP contribution >= 0.6 is 0 Å². The Morgan fingerprint density at radius 1 is 1.41 bits per heavy atom. The molecule has 1 heterocycles. The molecule has 0 bridgehead atoms. The van der Waals surface area contributed by atoms with Crippen molar-refractivity contribution in [3.8, 4) is 0 Å². The monoisotopic (exact) mass is 240 g/mol. The predicted molar refractivity (Wildman–Crippen MR) is 68.0 cm³/mol. The van der Waals surface area contributed by atoms with E-state index in [0.717, 1.165) is 31.8 Å². The summed E-state index contributed by atoms with van der Waals surface area (Å²) in [5.41, 5.74) is 0. The maximum Gasteiger partial charge on any atom is 0.138 e. The smallest absolute Gasteiger partial charge is 0.138 e. The molecule has 2 unspecified atom stereocenters. The molecule has 1 aromatic heterocycles. The molecular formula is C12H24N4O. The largest absolute Gasteiger partial charge is 0.377 e. The Morgan fingerprint density at radius 3 is 2.71 bits per heavy atom. The number of ether oxygens (including phenoxy) is 1. The molecule has 1 aromatic rings. The van der Waals surface area contributed by atoms with Crippen LogP contribution in [0.15, 0.2) is 6.33 Å². The number of hydrogen-bond acceptors (Lipinski definition) is 4. The van der Waals surface area contributed by atoms with Gasteiger partial charge in [-0.05, 0) is 27.3 Å². The number of rotatable bonds is 8. The molecule has 1 N–H and O–H groups in total. The minimum absolute atomic E-state index is 0.229. The first kappa shape index (κ1) is 14.1. The van der Waals surface area contributed by atoms with E-state index in [1.807, 2.05) is 18.7 Å². The zero-order valence-electron chi connectivity index (χ0n) is 11.3. The van der Waals surface area contributed by atoms with E-state index in [1.165, 1.54) is 0 Å². The van der Waals surface area contributed by atoms with Gasteiger partial charge < -0.3 is 10.1 Å². The molecule has 0 aliphatic rings. The molecule has 1 rings (SSSR count). The molecular weight excluding hydrogens is 216 g/mol. The van der Waals surface area contributed by atoms with Gasteiger partial charge in [-0.1, -0.05) is 6.92 Å². The van der Waals surface area contributed by atoms with Gasteiger partial charge in [-0.15, -0.1) is 0 Å². The third-order valence-electron chi connectivity index (χ3n) is 3.00. The first-order chi connectivity index (χ1) is 8.26. The Kier molecular flexibility index (Phi) is 6.15. The highest BCUT2D eigenvalue weighted by molar-refractivity contribution is 4.92. The lowest BCUT2D eigenvalue weighted by atomic mass is 10.0. The van der Waals surface area contributed by atoms with Crippen molar-refractivity contribution in [3.05, 3.63) is 12.2 Å². The molecule has 0 amide bonds. The highest BCUT2D eigenvalue weighted by Gasteiger charge is 2.21. The van der Waals surface area contributed by atoms with E-state index in [0.29, 0.717) is 0 Å². The summed E-state index contributed by atoms with van der Waals surface area (Å²) in [7, 11) is 1.97. The molecule has 5 heteroatoms. The fraction of sp³-hybridized carbons (Fsp3) is 0.833. The SMILES string of the molecule is CCOC(CC)C(Cc1ncnn1CC)NC. The van der Waals surface area contributed by atoms with Crippen LogP contribution in [0.4, 0.5) is 0 Å². The second-order valence-corrected chi connectivity index (χ2v) is 3.99. The van der Waals surface area contributed by atoms with E-state index in [9.17, 15) is 0 Å². The molecule has 0 radical (unpaired) electrons. The normalized spacial score (nSPS) is 14.8. The lowest BCUT2D eigenvalue weighted by Gasteiger charge is -2.25. The van der Waals surface area contributed by atoms with E-state index in [1.54, 1.807) is 6.33 Å². The molecule has 0 aliphatic carbocycles. The Bertz CT molecular complexity index is 313. The van der Waals surface area contributed by atoms with Crippen molar-refractivity contribution in [2.45, 2.75) is 52.3 Å². The van der Waals surface area contributed by atoms with Crippen LogP contribution < -0.4 is 5.32 Å². The molecule has 0 fully saturated rings. The van der Waals surface area contributed by atoms with Crippen LogP contribution in [0.25, 0.3) is 0 Å². The van der Waals surface area contributed by atoms with Gasteiger partial charge >= 0.3 is 0 Å². The summed E-state index contributed by atoms with van der Waals surface area (Å²) in [6, 6.07) is 0.287. The van der Waals surface area contributed by atoms with Crippen LogP contribution in [0.1, 0.15) is 33.0 Å². The van der Waals surface area contributed by atoms with Crippen molar-refractivity contribution >= 4 is 0 Å². The lowest BCUT2D eigenvalue weighted by molar-refractivity contribution is 0.0331. The molecule has 0 aliphatic heterocycles. The number of hydrogen-bond donors (Lipinski definition) is 1. The second kappa shape index (κ2) is 7.40. The van der Waals surface area contributed by atoms with Gasteiger partial charge in [0.15, 0.2) is 0 Å². The summed E-state index contributed by atoms with van der Waals surface area (Å²) in [4.78, 5) is 4.31. The summed E-state index contributed by atoms with van der Waals surface area (Å²) in [5.74, 6) is 1.02. The third kappa shape index (κ3) is 3.78. The molecule has 98 valence electrons. The molecule has 17 heavy (non-hydrogen) atoms. The van der Waals surface area contributed by atoms with E-state index in [-0.39, 0.29) is 12.1 Å². The van der Waals surface area contributed by atoms with E-state index < -0.39 is 0 Å². The van der Waals surface area contributed by atoms with Crippen LogP contribution in [0, 0.1) is 0 Å². The standard InChI is InChI=1S/C12H24N4O/c1-5-11(17-7-3)10(13-4)8-12-14-9-15-16(12)6-2/h9-11,13H,5-8H2,1-4H3. The van der Waals surface area contributed by atoms with Crippen molar-refractivity contribution < 1.29 is 4.74 Å². The van der Waals surface area contributed by atoms with Crippen LogP contribution in [0.3, 0.4) is 0 Å². The van der Waals surface area contributed by atoms with Gasteiger partial charge in [-0.25, -0.2) is 4.98 Å². The lowest BCUT2D eigenvalue weighted by Crippen LogP contribution is -2.41. The van der Waals surface area contributed by atoms with Crippen LogP contribution in [0.2, 0.25) is 0 Å². The van der Waals surface area contributed by atoms with Crippen molar-refractivity contribution in [1.29, 1.82) is 0 Å².